The molecule has 186 valence electrons. The molecule has 3 N–H and O–H groups in total. The second-order valence-electron chi connectivity index (χ2n) is 9.35. The van der Waals surface area contributed by atoms with Gasteiger partial charge in [-0.1, -0.05) is 69.7 Å². The Morgan fingerprint density at radius 3 is 2.23 bits per heavy atom. The molecule has 0 aliphatic rings. The van der Waals surface area contributed by atoms with Crippen molar-refractivity contribution in [3.63, 3.8) is 0 Å². The molecule has 0 heterocycles. The van der Waals surface area contributed by atoms with Crippen molar-refractivity contribution < 1.29 is 9.59 Å². The number of anilines is 2. The van der Waals surface area contributed by atoms with Crippen molar-refractivity contribution in [1.82, 2.24) is 5.32 Å². The van der Waals surface area contributed by atoms with Gasteiger partial charge >= 0.3 is 0 Å². The van der Waals surface area contributed by atoms with Gasteiger partial charge in [-0.05, 0) is 68.0 Å². The van der Waals surface area contributed by atoms with Crippen LogP contribution >= 0.6 is 0 Å². The Bertz CT molecular complexity index is 1150. The molecular weight excluding hydrogens is 434 g/mol. The van der Waals surface area contributed by atoms with Crippen LogP contribution in [0.1, 0.15) is 56.1 Å². The number of likely N-dealkylation sites (N-methyl/N-ethyl adjacent to an activating group) is 1. The van der Waals surface area contributed by atoms with Crippen molar-refractivity contribution >= 4 is 23.2 Å². The first kappa shape index (κ1) is 27.6. The van der Waals surface area contributed by atoms with Crippen molar-refractivity contribution in [2.45, 2.75) is 48.5 Å². The van der Waals surface area contributed by atoms with Crippen LogP contribution in [-0.2, 0) is 4.79 Å². The van der Waals surface area contributed by atoms with E-state index in [-0.39, 0.29) is 17.7 Å². The fourth-order valence-electron chi connectivity index (χ4n) is 3.70. The summed E-state index contributed by atoms with van der Waals surface area (Å²) in [5.41, 5.74) is 6.22. The minimum Gasteiger partial charge on any atom is -0.387 e. The number of carbonyl (C=O) groups is 2. The maximum Gasteiger partial charge on any atom is 0.257 e. The van der Waals surface area contributed by atoms with Gasteiger partial charge in [-0.15, -0.1) is 0 Å². The van der Waals surface area contributed by atoms with Crippen LogP contribution in [0.5, 0.6) is 0 Å². The van der Waals surface area contributed by atoms with Gasteiger partial charge in [0.05, 0.1) is 5.57 Å². The average Bonchev–Trinajstić information content (AvgIpc) is 2.80. The molecule has 2 amide bonds. The zero-order chi connectivity index (χ0) is 26.1. The monoisotopic (exact) mass is 473 g/mol. The Balaban J connectivity index is 2.33. The lowest BCUT2D eigenvalue weighted by Crippen LogP contribution is -2.23. The van der Waals surface area contributed by atoms with Gasteiger partial charge in [0.15, 0.2) is 0 Å². The van der Waals surface area contributed by atoms with Crippen LogP contribution in [0.2, 0.25) is 0 Å². The summed E-state index contributed by atoms with van der Waals surface area (Å²) in [5, 5.41) is 9.21. The molecule has 0 fully saturated rings. The van der Waals surface area contributed by atoms with E-state index in [9.17, 15) is 9.59 Å². The highest BCUT2D eigenvalue weighted by Gasteiger charge is 2.19. The fraction of sp³-hybridized carbons (Fsp3) is 0.333. The van der Waals surface area contributed by atoms with Crippen LogP contribution in [0.25, 0.3) is 0 Å². The SMILES string of the molecule is C\C=C(C(=O)Nc1cc(NC(=O)c2cccc(C)c2)ccc1C)/C(NC)=C(/C=C\C(C)C)C(C)C. The minimum atomic E-state index is -0.210. The molecule has 0 aliphatic heterocycles. The third kappa shape index (κ3) is 7.71. The molecule has 0 saturated carbocycles. The molecule has 0 bridgehead atoms. The molecule has 0 radical (unpaired) electrons. The van der Waals surface area contributed by atoms with E-state index < -0.39 is 0 Å². The molecule has 5 heteroatoms. The van der Waals surface area contributed by atoms with E-state index in [0.29, 0.717) is 28.4 Å². The topological polar surface area (TPSA) is 70.2 Å². The van der Waals surface area contributed by atoms with E-state index in [2.05, 4.69) is 55.8 Å². The van der Waals surface area contributed by atoms with Crippen LogP contribution < -0.4 is 16.0 Å². The molecule has 0 unspecified atom stereocenters. The Hall–Kier alpha value is -3.60. The molecule has 0 spiro atoms. The Kier molecular flexibility index (Phi) is 10.1. The van der Waals surface area contributed by atoms with Gasteiger partial charge in [-0.25, -0.2) is 0 Å². The lowest BCUT2D eigenvalue weighted by molar-refractivity contribution is -0.112. The largest absolute Gasteiger partial charge is 0.387 e. The molecule has 2 rings (SSSR count). The summed E-state index contributed by atoms with van der Waals surface area (Å²) in [6.45, 7) is 14.2. The number of allylic oxidation sites excluding steroid dienone is 4. The fourth-order valence-corrected chi connectivity index (χ4v) is 3.70. The van der Waals surface area contributed by atoms with Crippen LogP contribution in [0.15, 0.2) is 77.5 Å². The molecule has 5 nitrogen and oxygen atoms in total. The summed E-state index contributed by atoms with van der Waals surface area (Å²) in [6, 6.07) is 12.9. The maximum absolute atomic E-state index is 13.4. The lowest BCUT2D eigenvalue weighted by atomic mass is 9.95. The van der Waals surface area contributed by atoms with Crippen molar-refractivity contribution in [1.29, 1.82) is 0 Å². The smallest absolute Gasteiger partial charge is 0.257 e. The highest BCUT2D eigenvalue weighted by Crippen LogP contribution is 2.25. The summed E-state index contributed by atoms with van der Waals surface area (Å²) in [6.07, 6.45) is 6.07. The number of nitrogens with one attached hydrogen (secondary N) is 3. The van der Waals surface area contributed by atoms with E-state index in [1.165, 1.54) is 0 Å². The molecule has 0 aromatic heterocycles. The van der Waals surface area contributed by atoms with Crippen LogP contribution in [0.3, 0.4) is 0 Å². The molecule has 0 saturated heterocycles. The van der Waals surface area contributed by atoms with E-state index in [1.54, 1.807) is 12.1 Å². The summed E-state index contributed by atoms with van der Waals surface area (Å²) in [7, 11) is 1.84. The number of amides is 2. The molecular formula is C30H39N3O2. The number of hydrogen-bond donors (Lipinski definition) is 3. The van der Waals surface area contributed by atoms with Gasteiger partial charge in [-0.3, -0.25) is 9.59 Å². The highest BCUT2D eigenvalue weighted by atomic mass is 16.2. The van der Waals surface area contributed by atoms with Gasteiger partial charge in [-0.2, -0.15) is 0 Å². The third-order valence-corrected chi connectivity index (χ3v) is 5.65. The van der Waals surface area contributed by atoms with E-state index in [4.69, 9.17) is 0 Å². The van der Waals surface area contributed by atoms with Crippen LogP contribution in [0.4, 0.5) is 11.4 Å². The zero-order valence-corrected chi connectivity index (χ0v) is 22.2. The predicted molar refractivity (Wildman–Crippen MR) is 148 cm³/mol. The number of aryl methyl sites for hydroxylation is 2. The number of hydrogen-bond acceptors (Lipinski definition) is 3. The van der Waals surface area contributed by atoms with Gasteiger partial charge in [0.1, 0.15) is 0 Å². The number of carbonyl (C=O) groups excluding carboxylic acids is 2. The zero-order valence-electron chi connectivity index (χ0n) is 22.2. The van der Waals surface area contributed by atoms with Crippen molar-refractivity contribution in [3.05, 3.63) is 94.2 Å². The second kappa shape index (κ2) is 12.7. The van der Waals surface area contributed by atoms with Gasteiger partial charge in [0.2, 0.25) is 0 Å². The summed E-state index contributed by atoms with van der Waals surface area (Å²) >= 11 is 0. The van der Waals surface area contributed by atoms with E-state index in [0.717, 1.165) is 22.4 Å². The van der Waals surface area contributed by atoms with Crippen LogP contribution in [0, 0.1) is 25.7 Å². The normalized spacial score (nSPS) is 12.7. The summed E-state index contributed by atoms with van der Waals surface area (Å²) in [5.74, 6) is 0.239. The second-order valence-corrected chi connectivity index (χ2v) is 9.35. The Morgan fingerprint density at radius 2 is 1.66 bits per heavy atom. The number of benzene rings is 2. The molecule has 35 heavy (non-hydrogen) atoms. The summed E-state index contributed by atoms with van der Waals surface area (Å²) < 4.78 is 0. The molecule has 0 atom stereocenters. The predicted octanol–water partition coefficient (Wildman–Crippen LogP) is 6.78. The molecule has 2 aromatic carbocycles. The van der Waals surface area contributed by atoms with Gasteiger partial charge < -0.3 is 16.0 Å². The maximum atomic E-state index is 13.4. The van der Waals surface area contributed by atoms with Crippen LogP contribution in [-0.4, -0.2) is 18.9 Å². The quantitative estimate of drug-likeness (QED) is 0.278. The average molecular weight is 474 g/mol. The van der Waals surface area contributed by atoms with Crippen molar-refractivity contribution in [2.24, 2.45) is 11.8 Å². The van der Waals surface area contributed by atoms with Crippen molar-refractivity contribution in [2.75, 3.05) is 17.7 Å². The first-order valence-corrected chi connectivity index (χ1v) is 12.1. The Labute approximate surface area is 210 Å². The molecule has 2 aromatic rings. The van der Waals surface area contributed by atoms with E-state index in [1.807, 2.05) is 64.2 Å². The lowest BCUT2D eigenvalue weighted by Gasteiger charge is -2.19. The number of rotatable bonds is 9. The first-order chi connectivity index (χ1) is 16.6. The minimum absolute atomic E-state index is 0.192. The van der Waals surface area contributed by atoms with Crippen molar-refractivity contribution in [3.8, 4) is 0 Å². The highest BCUT2D eigenvalue weighted by molar-refractivity contribution is 6.08. The standard InChI is InChI=1S/C30H39N3O2/c1-9-25(28(31-8)26(20(4)5)16-13-19(2)3)30(35)33-27-18-24(15-14-22(27)7)32-29(34)23-12-10-11-21(6)17-23/h9-20,31H,1-8H3,(H,32,34)(H,33,35)/b16-13-,25-9+,28-26+. The third-order valence-electron chi connectivity index (χ3n) is 5.65. The van der Waals surface area contributed by atoms with Gasteiger partial charge in [0.25, 0.3) is 11.8 Å². The Morgan fingerprint density at radius 1 is 0.943 bits per heavy atom. The van der Waals surface area contributed by atoms with E-state index >= 15 is 0 Å². The molecule has 0 aliphatic carbocycles. The summed E-state index contributed by atoms with van der Waals surface area (Å²) in [4.78, 5) is 26.1. The first-order valence-electron chi connectivity index (χ1n) is 12.1. The van der Waals surface area contributed by atoms with Gasteiger partial charge in [0, 0.05) is 29.7 Å².